The third kappa shape index (κ3) is 5.22. The van der Waals surface area contributed by atoms with Gasteiger partial charge in [0.25, 0.3) is 0 Å². The van der Waals surface area contributed by atoms with Crippen molar-refractivity contribution in [2.24, 2.45) is 5.92 Å². The van der Waals surface area contributed by atoms with Crippen LogP contribution in [0.3, 0.4) is 0 Å². The van der Waals surface area contributed by atoms with Crippen molar-refractivity contribution < 1.29 is 13.2 Å². The molecule has 0 unspecified atom stereocenters. The maximum atomic E-state index is 12.5. The van der Waals surface area contributed by atoms with Crippen molar-refractivity contribution in [1.82, 2.24) is 4.31 Å². The summed E-state index contributed by atoms with van der Waals surface area (Å²) >= 11 is 6.10. The summed E-state index contributed by atoms with van der Waals surface area (Å²) in [5.74, 6) is -0.318. The van der Waals surface area contributed by atoms with Gasteiger partial charge >= 0.3 is 0 Å². The molecule has 1 amide bonds. The zero-order valence-corrected chi connectivity index (χ0v) is 17.2. The van der Waals surface area contributed by atoms with Crippen molar-refractivity contribution in [2.45, 2.75) is 19.8 Å². The zero-order valence-electron chi connectivity index (χ0n) is 15.6. The van der Waals surface area contributed by atoms with Gasteiger partial charge < -0.3 is 5.32 Å². The average Bonchev–Trinajstić information content (AvgIpc) is 2.70. The SMILES string of the molecule is Cc1ccc(NC(=O)C2CCN(S(=O)(=O)/C=C/c3ccccc3)CC2)cc1Cl. The van der Waals surface area contributed by atoms with Crippen molar-refractivity contribution in [1.29, 1.82) is 0 Å². The summed E-state index contributed by atoms with van der Waals surface area (Å²) in [4.78, 5) is 12.5. The highest BCUT2D eigenvalue weighted by molar-refractivity contribution is 7.92. The van der Waals surface area contributed by atoms with Crippen molar-refractivity contribution in [3.8, 4) is 0 Å². The van der Waals surface area contributed by atoms with E-state index in [0.717, 1.165) is 11.1 Å². The molecule has 1 aliphatic heterocycles. The standard InChI is InChI=1S/C21H23ClN2O3S/c1-16-7-8-19(15-20(16)22)23-21(25)18-9-12-24(13-10-18)28(26,27)14-11-17-5-3-2-4-6-17/h2-8,11,14-15,18H,9-10,12-13H2,1H3,(H,23,25)/b14-11+. The van der Waals surface area contributed by atoms with Crippen LogP contribution in [0.25, 0.3) is 6.08 Å². The number of carbonyl (C=O) groups excluding carboxylic acids is 1. The van der Waals surface area contributed by atoms with Crippen LogP contribution in [0.2, 0.25) is 5.02 Å². The van der Waals surface area contributed by atoms with Gasteiger partial charge in [0.15, 0.2) is 0 Å². The Hall–Kier alpha value is -2.15. The van der Waals surface area contributed by atoms with E-state index < -0.39 is 10.0 Å². The molecule has 1 heterocycles. The van der Waals surface area contributed by atoms with Gasteiger partial charge in [0.05, 0.1) is 0 Å². The van der Waals surface area contributed by atoms with Crippen molar-refractivity contribution in [3.05, 3.63) is 70.1 Å². The van der Waals surface area contributed by atoms with E-state index in [1.165, 1.54) is 9.71 Å². The smallest absolute Gasteiger partial charge is 0.236 e. The van der Waals surface area contributed by atoms with Gasteiger partial charge in [-0.15, -0.1) is 0 Å². The van der Waals surface area contributed by atoms with Crippen LogP contribution in [-0.2, 0) is 14.8 Å². The first kappa shape index (κ1) is 20.6. The van der Waals surface area contributed by atoms with Crippen molar-refractivity contribution in [3.63, 3.8) is 0 Å². The number of carbonyl (C=O) groups is 1. The molecule has 0 atom stereocenters. The monoisotopic (exact) mass is 418 g/mol. The molecule has 0 radical (unpaired) electrons. The van der Waals surface area contributed by atoms with Gasteiger partial charge in [-0.25, -0.2) is 8.42 Å². The second-order valence-corrected chi connectivity index (χ2v) is 9.11. The van der Waals surface area contributed by atoms with Gasteiger partial charge in [0.1, 0.15) is 0 Å². The van der Waals surface area contributed by atoms with Crippen molar-refractivity contribution in [2.75, 3.05) is 18.4 Å². The van der Waals surface area contributed by atoms with Crippen LogP contribution < -0.4 is 5.32 Å². The number of hydrogen-bond acceptors (Lipinski definition) is 3. The summed E-state index contributed by atoms with van der Waals surface area (Å²) in [6.07, 6.45) is 2.57. The number of aryl methyl sites for hydroxylation is 1. The van der Waals surface area contributed by atoms with Crippen LogP contribution in [-0.4, -0.2) is 31.7 Å². The Morgan fingerprint density at radius 3 is 2.46 bits per heavy atom. The lowest BCUT2D eigenvalue weighted by Gasteiger charge is -2.29. The number of nitrogens with zero attached hydrogens (tertiary/aromatic N) is 1. The minimum Gasteiger partial charge on any atom is -0.326 e. The van der Waals surface area contributed by atoms with Gasteiger partial charge in [0.2, 0.25) is 15.9 Å². The maximum absolute atomic E-state index is 12.5. The fourth-order valence-electron chi connectivity index (χ4n) is 3.10. The number of sulfonamides is 1. The summed E-state index contributed by atoms with van der Waals surface area (Å²) < 4.78 is 26.5. The second kappa shape index (κ2) is 8.90. The van der Waals surface area contributed by atoms with E-state index >= 15 is 0 Å². The largest absolute Gasteiger partial charge is 0.326 e. The quantitative estimate of drug-likeness (QED) is 0.787. The lowest BCUT2D eigenvalue weighted by molar-refractivity contribution is -0.120. The third-order valence-electron chi connectivity index (χ3n) is 4.86. The summed E-state index contributed by atoms with van der Waals surface area (Å²) in [7, 11) is -3.50. The van der Waals surface area contributed by atoms with Gasteiger partial charge in [-0.05, 0) is 49.1 Å². The molecule has 0 aliphatic carbocycles. The Morgan fingerprint density at radius 1 is 1.14 bits per heavy atom. The number of piperidine rings is 1. The Kier molecular flexibility index (Phi) is 6.54. The van der Waals surface area contributed by atoms with E-state index in [1.54, 1.807) is 12.1 Å². The van der Waals surface area contributed by atoms with Gasteiger partial charge in [0, 0.05) is 35.1 Å². The number of rotatable bonds is 5. The first-order valence-corrected chi connectivity index (χ1v) is 11.0. The number of anilines is 1. The van der Waals surface area contributed by atoms with E-state index in [4.69, 9.17) is 11.6 Å². The molecule has 148 valence electrons. The molecular weight excluding hydrogens is 396 g/mol. The van der Waals surface area contributed by atoms with Crippen LogP contribution in [0.15, 0.2) is 53.9 Å². The number of amides is 1. The summed E-state index contributed by atoms with van der Waals surface area (Å²) in [5, 5.41) is 4.71. The normalized spacial score (nSPS) is 16.4. The predicted molar refractivity (Wildman–Crippen MR) is 114 cm³/mol. The average molecular weight is 419 g/mol. The molecule has 2 aromatic carbocycles. The Balaban J connectivity index is 1.56. The van der Waals surface area contributed by atoms with Crippen LogP contribution >= 0.6 is 11.6 Å². The number of halogens is 1. The van der Waals surface area contributed by atoms with Crippen LogP contribution in [0.4, 0.5) is 5.69 Å². The van der Waals surface area contributed by atoms with Crippen LogP contribution in [0.1, 0.15) is 24.0 Å². The Morgan fingerprint density at radius 2 is 1.82 bits per heavy atom. The number of nitrogens with one attached hydrogen (secondary N) is 1. The molecule has 5 nitrogen and oxygen atoms in total. The van der Waals surface area contributed by atoms with Crippen LogP contribution in [0, 0.1) is 12.8 Å². The fourth-order valence-corrected chi connectivity index (χ4v) is 4.50. The van der Waals surface area contributed by atoms with E-state index in [1.807, 2.05) is 49.4 Å². The predicted octanol–water partition coefficient (Wildman–Crippen LogP) is 4.30. The molecule has 1 aliphatic rings. The molecule has 7 heteroatoms. The summed E-state index contributed by atoms with van der Waals surface area (Å²) in [6.45, 7) is 2.55. The molecule has 0 aromatic heterocycles. The highest BCUT2D eigenvalue weighted by Crippen LogP contribution is 2.24. The molecule has 0 spiro atoms. The van der Waals surface area contributed by atoms with Gasteiger partial charge in [-0.3, -0.25) is 4.79 Å². The molecule has 1 N–H and O–H groups in total. The zero-order chi connectivity index (χ0) is 20.1. The minimum absolute atomic E-state index is 0.100. The third-order valence-corrected chi connectivity index (χ3v) is 6.83. The van der Waals surface area contributed by atoms with Gasteiger partial charge in [-0.1, -0.05) is 48.0 Å². The molecule has 0 bridgehead atoms. The highest BCUT2D eigenvalue weighted by Gasteiger charge is 2.30. The molecule has 3 rings (SSSR count). The molecule has 1 fully saturated rings. The van der Waals surface area contributed by atoms with Crippen LogP contribution in [0.5, 0.6) is 0 Å². The minimum atomic E-state index is -3.50. The second-order valence-electron chi connectivity index (χ2n) is 6.88. The topological polar surface area (TPSA) is 66.5 Å². The number of hydrogen-bond donors (Lipinski definition) is 1. The first-order valence-electron chi connectivity index (χ1n) is 9.15. The van der Waals surface area contributed by atoms with Crippen molar-refractivity contribution >= 4 is 39.3 Å². The summed E-state index contributed by atoms with van der Waals surface area (Å²) in [5.41, 5.74) is 2.43. The molecule has 0 saturated carbocycles. The first-order chi connectivity index (χ1) is 13.3. The lowest BCUT2D eigenvalue weighted by Crippen LogP contribution is -2.40. The molecule has 28 heavy (non-hydrogen) atoms. The molecular formula is C21H23ClN2O3S. The van der Waals surface area contributed by atoms with E-state index in [2.05, 4.69) is 5.32 Å². The Labute approximate surface area is 171 Å². The lowest BCUT2D eigenvalue weighted by atomic mass is 9.97. The highest BCUT2D eigenvalue weighted by atomic mass is 35.5. The fraction of sp³-hybridized carbons (Fsp3) is 0.286. The summed E-state index contributed by atoms with van der Waals surface area (Å²) in [6, 6.07) is 14.7. The van der Waals surface area contributed by atoms with E-state index in [0.29, 0.717) is 36.6 Å². The maximum Gasteiger partial charge on any atom is 0.236 e. The van der Waals surface area contributed by atoms with Gasteiger partial charge in [-0.2, -0.15) is 4.31 Å². The number of benzene rings is 2. The van der Waals surface area contributed by atoms with E-state index in [-0.39, 0.29) is 11.8 Å². The molecule has 2 aromatic rings. The Bertz CT molecular complexity index is 966. The van der Waals surface area contributed by atoms with E-state index in [9.17, 15) is 13.2 Å². The molecule has 1 saturated heterocycles.